The normalized spacial score (nSPS) is 17.0. The van der Waals surface area contributed by atoms with E-state index in [2.05, 4.69) is 4.90 Å². The summed E-state index contributed by atoms with van der Waals surface area (Å²) in [6, 6.07) is 13.9. The molecule has 6 nitrogen and oxygen atoms in total. The molecule has 230 valence electrons. The number of rotatable bonds is 7. The average molecular weight is 635 g/mol. The number of benzene rings is 3. The van der Waals surface area contributed by atoms with Gasteiger partial charge in [0.1, 0.15) is 29.1 Å². The van der Waals surface area contributed by atoms with E-state index in [1.54, 1.807) is 45.0 Å². The number of piperidine rings is 1. The van der Waals surface area contributed by atoms with E-state index in [1.807, 2.05) is 0 Å². The predicted molar refractivity (Wildman–Crippen MR) is 162 cm³/mol. The second-order valence-corrected chi connectivity index (χ2v) is 12.7. The SMILES string of the molecule is CC(C)(C)OC(=O)c1ccccc1F.O=C(O)c1cc(C2CC2)c(CN2CCCC(Oc3cc(Cl)cc(Cl)c3)C2)cc1F. The molecule has 1 atom stereocenters. The Labute approximate surface area is 260 Å². The Bertz CT molecular complexity index is 1450. The van der Waals surface area contributed by atoms with Gasteiger partial charge in [-0.3, -0.25) is 4.90 Å². The Kier molecular flexibility index (Phi) is 10.7. The van der Waals surface area contributed by atoms with Crippen molar-refractivity contribution in [3.63, 3.8) is 0 Å². The third-order valence-electron chi connectivity index (χ3n) is 6.96. The summed E-state index contributed by atoms with van der Waals surface area (Å²) in [6.45, 7) is 7.40. The Hall–Kier alpha value is -3.20. The van der Waals surface area contributed by atoms with Crippen LogP contribution in [-0.4, -0.2) is 46.7 Å². The summed E-state index contributed by atoms with van der Waals surface area (Å²) >= 11 is 12.1. The Morgan fingerprint density at radius 2 is 1.63 bits per heavy atom. The van der Waals surface area contributed by atoms with Crippen LogP contribution in [0.1, 0.15) is 84.2 Å². The van der Waals surface area contributed by atoms with Gasteiger partial charge in [-0.25, -0.2) is 18.4 Å². The molecular formula is C33H35Cl2F2NO5. The van der Waals surface area contributed by atoms with Crippen LogP contribution < -0.4 is 4.74 Å². The van der Waals surface area contributed by atoms with Crippen molar-refractivity contribution in [1.82, 2.24) is 4.90 Å². The predicted octanol–water partition coefficient (Wildman–Crippen LogP) is 8.53. The van der Waals surface area contributed by atoms with Gasteiger partial charge >= 0.3 is 11.9 Å². The number of nitrogens with zero attached hydrogens (tertiary/aromatic N) is 1. The van der Waals surface area contributed by atoms with Gasteiger partial charge in [-0.05, 0) is 113 Å². The fraction of sp³-hybridized carbons (Fsp3) is 0.394. The molecule has 3 aromatic rings. The van der Waals surface area contributed by atoms with Crippen molar-refractivity contribution in [1.29, 1.82) is 0 Å². The summed E-state index contributed by atoms with van der Waals surface area (Å²) in [7, 11) is 0. The monoisotopic (exact) mass is 633 g/mol. The van der Waals surface area contributed by atoms with Crippen LogP contribution in [0, 0.1) is 11.6 Å². The van der Waals surface area contributed by atoms with E-state index >= 15 is 0 Å². The van der Waals surface area contributed by atoms with Crippen molar-refractivity contribution in [2.24, 2.45) is 0 Å². The lowest BCUT2D eigenvalue weighted by atomic mass is 9.98. The zero-order valence-electron chi connectivity index (χ0n) is 24.3. The largest absolute Gasteiger partial charge is 0.489 e. The van der Waals surface area contributed by atoms with E-state index in [-0.39, 0.29) is 17.2 Å². The van der Waals surface area contributed by atoms with E-state index in [1.165, 1.54) is 30.3 Å². The molecule has 0 radical (unpaired) electrons. The Morgan fingerprint density at radius 3 is 2.23 bits per heavy atom. The topological polar surface area (TPSA) is 76.1 Å². The molecule has 0 bridgehead atoms. The molecule has 1 aliphatic carbocycles. The molecule has 1 N–H and O–H groups in total. The number of ether oxygens (including phenoxy) is 2. The average Bonchev–Trinajstić information content (AvgIpc) is 3.73. The summed E-state index contributed by atoms with van der Waals surface area (Å²) in [4.78, 5) is 25.0. The molecule has 1 saturated heterocycles. The first-order valence-electron chi connectivity index (χ1n) is 14.2. The quantitative estimate of drug-likeness (QED) is 0.263. The van der Waals surface area contributed by atoms with Gasteiger partial charge in [0.2, 0.25) is 0 Å². The second-order valence-electron chi connectivity index (χ2n) is 11.8. The number of halogens is 4. The van der Waals surface area contributed by atoms with Gasteiger partial charge in [0.15, 0.2) is 0 Å². The minimum Gasteiger partial charge on any atom is -0.489 e. The lowest BCUT2D eigenvalue weighted by Crippen LogP contribution is -2.40. The van der Waals surface area contributed by atoms with Crippen LogP contribution in [0.15, 0.2) is 54.6 Å². The minimum absolute atomic E-state index is 0.00852. The van der Waals surface area contributed by atoms with Crippen molar-refractivity contribution in [3.8, 4) is 5.75 Å². The molecule has 2 fully saturated rings. The first-order chi connectivity index (χ1) is 20.3. The summed E-state index contributed by atoms with van der Waals surface area (Å²) in [5, 5.41) is 10.3. The molecule has 10 heteroatoms. The number of carbonyl (C=O) groups is 2. The van der Waals surface area contributed by atoms with Crippen LogP contribution in [0.25, 0.3) is 0 Å². The van der Waals surface area contributed by atoms with Crippen molar-refractivity contribution in [2.45, 2.75) is 70.6 Å². The molecule has 2 aliphatic rings. The first kappa shape index (κ1) is 32.7. The highest BCUT2D eigenvalue weighted by Gasteiger charge is 2.30. The smallest absolute Gasteiger partial charge is 0.341 e. The lowest BCUT2D eigenvalue weighted by molar-refractivity contribution is 0.00644. The summed E-state index contributed by atoms with van der Waals surface area (Å²) in [5.41, 5.74) is 0.977. The molecule has 0 aromatic heterocycles. The van der Waals surface area contributed by atoms with E-state index in [4.69, 9.17) is 32.7 Å². The van der Waals surface area contributed by atoms with Gasteiger partial charge in [0.05, 0.1) is 11.1 Å². The zero-order chi connectivity index (χ0) is 31.3. The van der Waals surface area contributed by atoms with Crippen LogP contribution >= 0.6 is 23.2 Å². The number of carboxylic acids is 1. The highest BCUT2D eigenvalue weighted by atomic mass is 35.5. The minimum atomic E-state index is -1.22. The van der Waals surface area contributed by atoms with Crippen molar-refractivity contribution >= 4 is 35.1 Å². The fourth-order valence-electron chi connectivity index (χ4n) is 4.95. The molecule has 1 aliphatic heterocycles. The summed E-state index contributed by atoms with van der Waals surface area (Å²) in [5.74, 6) is -2.09. The number of carboxylic acid groups (broad SMARTS) is 1. The maximum Gasteiger partial charge on any atom is 0.341 e. The molecule has 43 heavy (non-hydrogen) atoms. The lowest BCUT2D eigenvalue weighted by Gasteiger charge is -2.33. The van der Waals surface area contributed by atoms with E-state index < -0.39 is 29.2 Å². The van der Waals surface area contributed by atoms with Gasteiger partial charge in [0.25, 0.3) is 0 Å². The molecule has 5 rings (SSSR count). The molecule has 1 unspecified atom stereocenters. The third-order valence-corrected chi connectivity index (χ3v) is 7.40. The van der Waals surface area contributed by atoms with Gasteiger partial charge < -0.3 is 14.6 Å². The maximum absolute atomic E-state index is 14.3. The standard InChI is InChI=1S/C22H22Cl2FNO3.C11H13FO2/c23-15-7-16(24)9-18(8-15)29-17-2-1-5-26(12-17)11-14-6-21(25)20(22(27)28)10-19(14)13-3-4-13;1-11(2,3)14-10(13)8-6-4-5-7-9(8)12/h6-10,13,17H,1-5,11-12H2,(H,27,28);4-7H,1-3H3. The zero-order valence-corrected chi connectivity index (χ0v) is 25.9. The van der Waals surface area contributed by atoms with Gasteiger partial charge in [-0.2, -0.15) is 0 Å². The number of hydrogen-bond acceptors (Lipinski definition) is 5. The van der Waals surface area contributed by atoms with E-state index in [0.29, 0.717) is 34.8 Å². The van der Waals surface area contributed by atoms with Crippen LogP contribution in [0.5, 0.6) is 5.75 Å². The molecule has 0 amide bonds. The first-order valence-corrected chi connectivity index (χ1v) is 14.9. The number of hydrogen-bond donors (Lipinski definition) is 1. The van der Waals surface area contributed by atoms with Crippen LogP contribution in [0.2, 0.25) is 10.0 Å². The molecule has 1 saturated carbocycles. The number of aromatic carboxylic acids is 1. The molecule has 1 heterocycles. The van der Waals surface area contributed by atoms with Crippen LogP contribution in [0.3, 0.4) is 0 Å². The second kappa shape index (κ2) is 14.1. The molecular weight excluding hydrogens is 599 g/mol. The Morgan fingerprint density at radius 1 is 0.953 bits per heavy atom. The van der Waals surface area contributed by atoms with Crippen LogP contribution in [-0.2, 0) is 11.3 Å². The van der Waals surface area contributed by atoms with Crippen molar-refractivity contribution < 1.29 is 33.0 Å². The highest BCUT2D eigenvalue weighted by Crippen LogP contribution is 2.43. The highest BCUT2D eigenvalue weighted by molar-refractivity contribution is 6.34. The fourth-order valence-corrected chi connectivity index (χ4v) is 5.46. The van der Waals surface area contributed by atoms with E-state index in [9.17, 15) is 23.5 Å². The van der Waals surface area contributed by atoms with Crippen LogP contribution in [0.4, 0.5) is 8.78 Å². The number of esters is 1. The molecule has 0 spiro atoms. The summed E-state index contributed by atoms with van der Waals surface area (Å²) < 4.78 is 38.5. The summed E-state index contributed by atoms with van der Waals surface area (Å²) in [6.07, 6.45) is 3.93. The number of likely N-dealkylation sites (tertiary alicyclic amines) is 1. The maximum atomic E-state index is 14.3. The molecule has 3 aromatic carbocycles. The van der Waals surface area contributed by atoms with Gasteiger partial charge in [0, 0.05) is 23.1 Å². The van der Waals surface area contributed by atoms with Crippen molar-refractivity contribution in [2.75, 3.05) is 13.1 Å². The number of carbonyl (C=O) groups excluding carboxylic acids is 1. The van der Waals surface area contributed by atoms with Gasteiger partial charge in [-0.1, -0.05) is 35.3 Å². The van der Waals surface area contributed by atoms with Gasteiger partial charge in [-0.15, -0.1) is 0 Å². The van der Waals surface area contributed by atoms with Crippen molar-refractivity contribution in [3.05, 3.63) is 98.5 Å². The third kappa shape index (κ3) is 9.65. The Balaban J connectivity index is 0.000000255. The van der Waals surface area contributed by atoms with E-state index in [0.717, 1.165) is 43.4 Å².